The van der Waals surface area contributed by atoms with Crippen LogP contribution in [0.4, 0.5) is 28.0 Å². The number of benzene rings is 2. The molecule has 4 nitrogen and oxygen atoms in total. The molecule has 1 aliphatic rings. The molecule has 0 saturated carbocycles. The summed E-state index contributed by atoms with van der Waals surface area (Å²) in [6.45, 7) is 2.34. The fraction of sp³-hybridized carbons (Fsp3) is 0.316. The van der Waals surface area contributed by atoms with Crippen LogP contribution in [-0.2, 0) is 12.7 Å². The zero-order valence-corrected chi connectivity index (χ0v) is 16.6. The third-order valence-electron chi connectivity index (χ3n) is 4.60. The highest BCUT2D eigenvalue weighted by atomic mass is 35.5. The Bertz CT molecular complexity index is 900. The van der Waals surface area contributed by atoms with E-state index in [0.29, 0.717) is 37.7 Å². The van der Waals surface area contributed by atoms with Gasteiger partial charge in [0.25, 0.3) is 0 Å². The van der Waals surface area contributed by atoms with E-state index in [4.69, 9.17) is 23.2 Å². The molecule has 2 aromatic rings. The first-order chi connectivity index (χ1) is 13.6. The maximum absolute atomic E-state index is 13.1. The number of amides is 2. The third kappa shape index (κ3) is 5.52. The number of hydrogen-bond acceptors (Lipinski definition) is 2. The number of piperazine rings is 1. The molecule has 2 amide bonds. The van der Waals surface area contributed by atoms with Crippen LogP contribution < -0.4 is 5.32 Å². The molecule has 0 atom stereocenters. The topological polar surface area (TPSA) is 35.6 Å². The number of nitrogens with one attached hydrogen (secondary N) is 1. The van der Waals surface area contributed by atoms with E-state index in [1.807, 2.05) is 0 Å². The summed E-state index contributed by atoms with van der Waals surface area (Å²) < 4.78 is 51.7. The predicted molar refractivity (Wildman–Crippen MR) is 104 cm³/mol. The van der Waals surface area contributed by atoms with Gasteiger partial charge in [0, 0.05) is 37.7 Å². The van der Waals surface area contributed by atoms with Gasteiger partial charge in [-0.15, -0.1) is 0 Å². The summed E-state index contributed by atoms with van der Waals surface area (Å²) in [7, 11) is 0. The molecule has 1 fully saturated rings. The minimum Gasteiger partial charge on any atom is -0.322 e. The van der Waals surface area contributed by atoms with Gasteiger partial charge >= 0.3 is 12.2 Å². The van der Waals surface area contributed by atoms with Crippen LogP contribution in [0.1, 0.15) is 11.1 Å². The quantitative estimate of drug-likeness (QED) is 0.627. The lowest BCUT2D eigenvalue weighted by Gasteiger charge is -2.35. The van der Waals surface area contributed by atoms with Crippen molar-refractivity contribution >= 4 is 34.9 Å². The van der Waals surface area contributed by atoms with Crippen molar-refractivity contribution in [3.8, 4) is 0 Å². The molecule has 2 aromatic carbocycles. The van der Waals surface area contributed by atoms with E-state index in [1.54, 1.807) is 6.07 Å². The Balaban J connectivity index is 1.58. The molecule has 156 valence electrons. The Morgan fingerprint density at radius 1 is 1.00 bits per heavy atom. The number of hydrogen-bond donors (Lipinski definition) is 1. The number of urea groups is 1. The number of halogens is 6. The molecule has 1 aliphatic heterocycles. The van der Waals surface area contributed by atoms with Crippen LogP contribution in [0.5, 0.6) is 0 Å². The monoisotopic (exact) mass is 449 g/mol. The van der Waals surface area contributed by atoms with Crippen molar-refractivity contribution in [1.82, 2.24) is 9.80 Å². The van der Waals surface area contributed by atoms with Gasteiger partial charge in [0.15, 0.2) is 0 Å². The molecule has 0 radical (unpaired) electrons. The van der Waals surface area contributed by atoms with Gasteiger partial charge in [-0.1, -0.05) is 29.3 Å². The summed E-state index contributed by atoms with van der Waals surface area (Å²) in [4.78, 5) is 16.0. The summed E-state index contributed by atoms with van der Waals surface area (Å²) in [6, 6.07) is 6.45. The SMILES string of the molecule is O=C(Nc1cc(C(F)(F)F)ccc1Cl)N1CCN(Cc2ccc(F)cc2Cl)CC1. The standard InChI is InChI=1S/C19H17Cl2F4N3O/c20-15-4-2-13(19(23,24)25)9-17(15)26-18(29)28-7-5-27(6-8-28)11-12-1-3-14(22)10-16(12)21/h1-4,9-10H,5-8,11H2,(H,26,29). The van der Waals surface area contributed by atoms with Crippen molar-refractivity contribution in [3.63, 3.8) is 0 Å². The first-order valence-electron chi connectivity index (χ1n) is 8.72. The lowest BCUT2D eigenvalue weighted by molar-refractivity contribution is -0.137. The zero-order chi connectivity index (χ0) is 21.2. The van der Waals surface area contributed by atoms with E-state index in [2.05, 4.69) is 10.2 Å². The van der Waals surface area contributed by atoms with E-state index < -0.39 is 23.6 Å². The van der Waals surface area contributed by atoms with Crippen molar-refractivity contribution in [3.05, 3.63) is 63.4 Å². The molecule has 3 rings (SSSR count). The van der Waals surface area contributed by atoms with Crippen LogP contribution in [-0.4, -0.2) is 42.0 Å². The first kappa shape index (κ1) is 21.7. The van der Waals surface area contributed by atoms with E-state index in [0.717, 1.165) is 23.8 Å². The molecule has 1 saturated heterocycles. The number of carbonyl (C=O) groups excluding carboxylic acids is 1. The third-order valence-corrected chi connectivity index (χ3v) is 5.29. The average molecular weight is 450 g/mol. The van der Waals surface area contributed by atoms with Crippen LogP contribution in [0.25, 0.3) is 0 Å². The Labute approximate surface area is 175 Å². The molecular formula is C19H17Cl2F4N3O. The number of carbonyl (C=O) groups is 1. The highest BCUT2D eigenvalue weighted by molar-refractivity contribution is 6.33. The van der Waals surface area contributed by atoms with Gasteiger partial charge in [-0.3, -0.25) is 4.90 Å². The van der Waals surface area contributed by atoms with E-state index >= 15 is 0 Å². The van der Waals surface area contributed by atoms with Crippen LogP contribution in [0.2, 0.25) is 10.0 Å². The second kappa shape index (κ2) is 8.77. The Morgan fingerprint density at radius 3 is 2.31 bits per heavy atom. The molecule has 0 aliphatic carbocycles. The fourth-order valence-corrected chi connectivity index (χ4v) is 3.38. The van der Waals surface area contributed by atoms with Gasteiger partial charge < -0.3 is 10.2 Å². The highest BCUT2D eigenvalue weighted by Crippen LogP contribution is 2.34. The molecule has 0 spiro atoms. The lowest BCUT2D eigenvalue weighted by Crippen LogP contribution is -2.49. The number of alkyl halides is 3. The van der Waals surface area contributed by atoms with Gasteiger partial charge in [0.2, 0.25) is 0 Å². The second-order valence-electron chi connectivity index (χ2n) is 6.62. The van der Waals surface area contributed by atoms with Crippen LogP contribution in [0.15, 0.2) is 36.4 Å². The van der Waals surface area contributed by atoms with Crippen LogP contribution in [0.3, 0.4) is 0 Å². The largest absolute Gasteiger partial charge is 0.416 e. The smallest absolute Gasteiger partial charge is 0.322 e. The molecule has 29 heavy (non-hydrogen) atoms. The van der Waals surface area contributed by atoms with E-state index in [-0.39, 0.29) is 10.7 Å². The highest BCUT2D eigenvalue weighted by Gasteiger charge is 2.31. The normalized spacial score (nSPS) is 15.4. The van der Waals surface area contributed by atoms with Crippen molar-refractivity contribution in [2.24, 2.45) is 0 Å². The predicted octanol–water partition coefficient (Wildman–Crippen LogP) is 5.50. The molecular weight excluding hydrogens is 433 g/mol. The summed E-state index contributed by atoms with van der Waals surface area (Å²) >= 11 is 12.0. The van der Waals surface area contributed by atoms with Gasteiger partial charge in [0.05, 0.1) is 16.3 Å². The summed E-state index contributed by atoms with van der Waals surface area (Å²) in [5.41, 5.74) is -0.202. The van der Waals surface area contributed by atoms with E-state index in [9.17, 15) is 22.4 Å². The van der Waals surface area contributed by atoms with Crippen molar-refractivity contribution in [2.45, 2.75) is 12.7 Å². The van der Waals surface area contributed by atoms with Crippen LogP contribution >= 0.6 is 23.2 Å². The van der Waals surface area contributed by atoms with Crippen LogP contribution in [0, 0.1) is 5.82 Å². The molecule has 0 aromatic heterocycles. The molecule has 10 heteroatoms. The fourth-order valence-electron chi connectivity index (χ4n) is 2.99. The van der Waals surface area contributed by atoms with Crippen molar-refractivity contribution < 1.29 is 22.4 Å². The molecule has 0 bridgehead atoms. The summed E-state index contributed by atoms with van der Waals surface area (Å²) in [5.74, 6) is -0.409. The van der Waals surface area contributed by atoms with E-state index in [1.165, 1.54) is 17.0 Å². The maximum atomic E-state index is 13.1. The van der Waals surface area contributed by atoms with Gasteiger partial charge in [0.1, 0.15) is 5.82 Å². The zero-order valence-electron chi connectivity index (χ0n) is 15.1. The maximum Gasteiger partial charge on any atom is 0.416 e. The second-order valence-corrected chi connectivity index (χ2v) is 7.44. The Morgan fingerprint density at radius 2 is 1.69 bits per heavy atom. The van der Waals surface area contributed by atoms with Crippen molar-refractivity contribution in [1.29, 1.82) is 0 Å². The van der Waals surface area contributed by atoms with Gasteiger partial charge in [-0.05, 0) is 35.9 Å². The molecule has 0 unspecified atom stereocenters. The Kier molecular flexibility index (Phi) is 6.55. The lowest BCUT2D eigenvalue weighted by atomic mass is 10.2. The minimum absolute atomic E-state index is 0.0240. The average Bonchev–Trinajstić information content (AvgIpc) is 2.65. The summed E-state index contributed by atoms with van der Waals surface area (Å²) in [6.07, 6.45) is -4.53. The van der Waals surface area contributed by atoms with Gasteiger partial charge in [-0.2, -0.15) is 13.2 Å². The summed E-state index contributed by atoms with van der Waals surface area (Å²) in [5, 5.41) is 2.81. The number of anilines is 1. The minimum atomic E-state index is -4.53. The Hall–Kier alpha value is -2.03. The molecule has 1 N–H and O–H groups in total. The first-order valence-corrected chi connectivity index (χ1v) is 9.48. The molecule has 1 heterocycles. The van der Waals surface area contributed by atoms with Gasteiger partial charge in [-0.25, -0.2) is 9.18 Å². The number of rotatable bonds is 3. The van der Waals surface area contributed by atoms with Crippen molar-refractivity contribution in [2.75, 3.05) is 31.5 Å². The number of nitrogens with zero attached hydrogens (tertiary/aromatic N) is 2.